The molecule has 0 aliphatic rings. The van der Waals surface area contributed by atoms with Crippen LogP contribution in [0.3, 0.4) is 0 Å². The van der Waals surface area contributed by atoms with E-state index in [0.717, 1.165) is 26.4 Å². The Bertz CT molecular complexity index is 1620. The Morgan fingerprint density at radius 1 is 1.00 bits per heavy atom. The second kappa shape index (κ2) is 9.84. The molecule has 0 fully saturated rings. The molecule has 35 heavy (non-hydrogen) atoms. The molecule has 0 unspecified atom stereocenters. The maximum atomic E-state index is 13.3. The minimum absolute atomic E-state index is 0.202. The number of aromatic nitrogens is 2. The van der Waals surface area contributed by atoms with Gasteiger partial charge in [-0.25, -0.2) is 4.98 Å². The van der Waals surface area contributed by atoms with Crippen LogP contribution in [-0.2, 0) is 13.0 Å². The van der Waals surface area contributed by atoms with Crippen LogP contribution in [-0.4, -0.2) is 15.9 Å². The number of hydrogen-bond acceptors (Lipinski definition) is 4. The highest BCUT2D eigenvalue weighted by Gasteiger charge is 2.12. The summed E-state index contributed by atoms with van der Waals surface area (Å²) in [5, 5.41) is 7.21. The molecule has 5 rings (SSSR count). The number of aryl methyl sites for hydroxylation is 2. The van der Waals surface area contributed by atoms with Gasteiger partial charge in [0.15, 0.2) is 0 Å². The fraction of sp³-hybridized carbons (Fsp3) is 0.138. The van der Waals surface area contributed by atoms with Gasteiger partial charge >= 0.3 is 0 Å². The van der Waals surface area contributed by atoms with E-state index >= 15 is 0 Å². The zero-order chi connectivity index (χ0) is 24.4. The lowest BCUT2D eigenvalue weighted by atomic mass is 10.0. The van der Waals surface area contributed by atoms with Crippen molar-refractivity contribution in [1.82, 2.24) is 9.66 Å². The highest BCUT2D eigenvalue weighted by atomic mass is 79.9. The molecule has 0 aliphatic carbocycles. The molecular weight excluding hydrogens is 502 g/mol. The van der Waals surface area contributed by atoms with Crippen LogP contribution >= 0.6 is 15.9 Å². The third-order valence-electron chi connectivity index (χ3n) is 5.94. The first-order chi connectivity index (χ1) is 17.0. The van der Waals surface area contributed by atoms with Gasteiger partial charge in [0.05, 0.1) is 17.1 Å². The van der Waals surface area contributed by atoms with Crippen molar-refractivity contribution in [2.45, 2.75) is 26.9 Å². The smallest absolute Gasteiger partial charge is 0.282 e. The fourth-order valence-electron chi connectivity index (χ4n) is 4.04. The van der Waals surface area contributed by atoms with Crippen LogP contribution in [0, 0.1) is 6.92 Å². The number of ether oxygens (including phenoxy) is 1. The molecule has 5 nitrogen and oxygen atoms in total. The molecule has 174 valence electrons. The normalized spacial score (nSPS) is 11.5. The molecule has 0 N–H and O–H groups in total. The summed E-state index contributed by atoms with van der Waals surface area (Å²) in [6.45, 7) is 4.47. The molecule has 0 aliphatic heterocycles. The average molecular weight is 526 g/mol. The molecule has 0 saturated heterocycles. The standard InChI is InChI=1S/C29H24BrN3O2/c1-3-28-32-26-14-13-22(30)16-24(26)29(34)33(28)31-17-25-23-7-5-4-6-21(23)12-15-27(25)35-18-20-10-8-19(2)9-11-20/h4-17H,3,18H2,1-2H3. The maximum Gasteiger partial charge on any atom is 0.282 e. The quantitative estimate of drug-likeness (QED) is 0.233. The van der Waals surface area contributed by atoms with E-state index < -0.39 is 0 Å². The first kappa shape index (κ1) is 23.0. The number of halogens is 1. The predicted molar refractivity (Wildman–Crippen MR) is 146 cm³/mol. The van der Waals surface area contributed by atoms with Gasteiger partial charge < -0.3 is 4.74 Å². The Kier molecular flexibility index (Phi) is 6.47. The van der Waals surface area contributed by atoms with E-state index in [1.165, 1.54) is 10.2 Å². The lowest BCUT2D eigenvalue weighted by Gasteiger charge is -2.13. The molecule has 0 spiro atoms. The molecule has 0 bridgehead atoms. The molecule has 0 saturated carbocycles. The van der Waals surface area contributed by atoms with E-state index in [9.17, 15) is 4.79 Å². The maximum absolute atomic E-state index is 13.3. The lowest BCUT2D eigenvalue weighted by molar-refractivity contribution is 0.306. The van der Waals surface area contributed by atoms with Crippen LogP contribution in [0.4, 0.5) is 0 Å². The highest BCUT2D eigenvalue weighted by molar-refractivity contribution is 9.10. The van der Waals surface area contributed by atoms with Gasteiger partial charge in [-0.1, -0.05) is 83.0 Å². The van der Waals surface area contributed by atoms with Gasteiger partial charge in [0.2, 0.25) is 0 Å². The predicted octanol–water partition coefficient (Wildman–Crippen LogP) is 6.64. The topological polar surface area (TPSA) is 56.5 Å². The lowest BCUT2D eigenvalue weighted by Crippen LogP contribution is -2.22. The summed E-state index contributed by atoms with van der Waals surface area (Å²) in [6, 6.07) is 25.9. The molecule has 6 heteroatoms. The van der Waals surface area contributed by atoms with E-state index in [1.54, 1.807) is 12.3 Å². The van der Waals surface area contributed by atoms with Crippen LogP contribution in [0.25, 0.3) is 21.7 Å². The summed E-state index contributed by atoms with van der Waals surface area (Å²) < 4.78 is 8.44. The summed E-state index contributed by atoms with van der Waals surface area (Å²) in [5.41, 5.74) is 3.57. The molecule has 5 aromatic rings. The number of fused-ring (bicyclic) bond motifs is 2. The monoisotopic (exact) mass is 525 g/mol. The Hall–Kier alpha value is -3.77. The molecule has 0 atom stereocenters. The third-order valence-corrected chi connectivity index (χ3v) is 6.43. The summed E-state index contributed by atoms with van der Waals surface area (Å²) in [7, 11) is 0. The van der Waals surface area contributed by atoms with Gasteiger partial charge in [-0.2, -0.15) is 9.78 Å². The van der Waals surface area contributed by atoms with Crippen molar-refractivity contribution in [3.8, 4) is 5.75 Å². The summed E-state index contributed by atoms with van der Waals surface area (Å²) in [4.78, 5) is 18.0. The van der Waals surface area contributed by atoms with Gasteiger partial charge in [0.1, 0.15) is 18.2 Å². The van der Waals surface area contributed by atoms with Gasteiger partial charge in [-0.05, 0) is 47.5 Å². The zero-order valence-electron chi connectivity index (χ0n) is 19.5. The summed E-state index contributed by atoms with van der Waals surface area (Å²) in [5.74, 6) is 1.30. The van der Waals surface area contributed by atoms with Gasteiger partial charge in [-0.15, -0.1) is 0 Å². The number of nitrogens with zero attached hydrogens (tertiary/aromatic N) is 3. The SMILES string of the molecule is CCc1nc2ccc(Br)cc2c(=O)n1N=Cc1c(OCc2ccc(C)cc2)ccc2ccccc12. The van der Waals surface area contributed by atoms with Crippen molar-refractivity contribution in [3.63, 3.8) is 0 Å². The molecule has 0 amide bonds. The second-order valence-electron chi connectivity index (χ2n) is 8.38. The van der Waals surface area contributed by atoms with E-state index in [4.69, 9.17) is 4.74 Å². The highest BCUT2D eigenvalue weighted by Crippen LogP contribution is 2.28. The Balaban J connectivity index is 1.60. The van der Waals surface area contributed by atoms with Crippen molar-refractivity contribution in [2.75, 3.05) is 0 Å². The van der Waals surface area contributed by atoms with Gasteiger partial charge in [0, 0.05) is 16.5 Å². The molecule has 1 heterocycles. The van der Waals surface area contributed by atoms with Crippen molar-refractivity contribution in [2.24, 2.45) is 5.10 Å². The van der Waals surface area contributed by atoms with Crippen LogP contribution in [0.2, 0.25) is 0 Å². The van der Waals surface area contributed by atoms with Crippen LogP contribution in [0.5, 0.6) is 5.75 Å². The van der Waals surface area contributed by atoms with Crippen molar-refractivity contribution >= 4 is 43.8 Å². The van der Waals surface area contributed by atoms with E-state index in [1.807, 2.05) is 49.4 Å². The first-order valence-corrected chi connectivity index (χ1v) is 12.3. The molecule has 4 aromatic carbocycles. The minimum atomic E-state index is -0.202. The Labute approximate surface area is 211 Å². The van der Waals surface area contributed by atoms with Gasteiger partial charge in [0.25, 0.3) is 5.56 Å². The van der Waals surface area contributed by atoms with Crippen molar-refractivity contribution in [3.05, 3.63) is 116 Å². The number of benzene rings is 4. The first-order valence-electron chi connectivity index (χ1n) is 11.5. The summed E-state index contributed by atoms with van der Waals surface area (Å²) >= 11 is 3.45. The number of rotatable bonds is 6. The zero-order valence-corrected chi connectivity index (χ0v) is 21.1. The summed E-state index contributed by atoms with van der Waals surface area (Å²) in [6.07, 6.45) is 2.28. The van der Waals surface area contributed by atoms with Crippen LogP contribution in [0.1, 0.15) is 29.4 Å². The minimum Gasteiger partial charge on any atom is -0.488 e. The van der Waals surface area contributed by atoms with E-state index in [-0.39, 0.29) is 5.56 Å². The van der Waals surface area contributed by atoms with E-state index in [2.05, 4.69) is 63.3 Å². The number of hydrogen-bond donors (Lipinski definition) is 0. The van der Waals surface area contributed by atoms with Crippen molar-refractivity contribution in [1.29, 1.82) is 0 Å². The van der Waals surface area contributed by atoms with Crippen molar-refractivity contribution < 1.29 is 4.74 Å². The molecule has 0 radical (unpaired) electrons. The van der Waals surface area contributed by atoms with E-state index in [0.29, 0.717) is 35.5 Å². The van der Waals surface area contributed by atoms with Crippen LogP contribution in [0.15, 0.2) is 93.2 Å². The second-order valence-corrected chi connectivity index (χ2v) is 9.29. The third kappa shape index (κ3) is 4.75. The Morgan fingerprint density at radius 2 is 1.80 bits per heavy atom. The molecular formula is C29H24BrN3O2. The molecule has 1 aromatic heterocycles. The van der Waals surface area contributed by atoms with Gasteiger partial charge in [-0.3, -0.25) is 4.79 Å². The Morgan fingerprint density at radius 3 is 2.60 bits per heavy atom. The fourth-order valence-corrected chi connectivity index (χ4v) is 4.40. The van der Waals surface area contributed by atoms with Crippen LogP contribution < -0.4 is 10.3 Å². The largest absolute Gasteiger partial charge is 0.488 e. The average Bonchev–Trinajstić information content (AvgIpc) is 2.88.